The summed E-state index contributed by atoms with van der Waals surface area (Å²) < 4.78 is 1.04. The molecule has 1 aromatic heterocycles. The highest BCUT2D eigenvalue weighted by Crippen LogP contribution is 2.34. The normalized spacial score (nSPS) is 10.8. The van der Waals surface area contributed by atoms with Crippen molar-refractivity contribution in [2.75, 3.05) is 17.7 Å². The van der Waals surface area contributed by atoms with Crippen LogP contribution in [0.25, 0.3) is 10.1 Å². The molecule has 0 bridgehead atoms. The lowest BCUT2D eigenvalue weighted by Gasteiger charge is -2.17. The second kappa shape index (κ2) is 5.22. The van der Waals surface area contributed by atoms with Crippen molar-refractivity contribution in [1.29, 1.82) is 0 Å². The van der Waals surface area contributed by atoms with Crippen LogP contribution in [0.15, 0.2) is 48.5 Å². The third-order valence-corrected chi connectivity index (χ3v) is 4.70. The van der Waals surface area contributed by atoms with Gasteiger partial charge < -0.3 is 10.6 Å². The molecule has 1 amide bonds. The molecule has 0 saturated carbocycles. The van der Waals surface area contributed by atoms with Crippen LogP contribution < -0.4 is 10.6 Å². The number of anilines is 2. The summed E-state index contributed by atoms with van der Waals surface area (Å²) in [4.78, 5) is 14.9. The number of rotatable bonds is 2. The highest BCUT2D eigenvalue weighted by Gasteiger charge is 2.20. The van der Waals surface area contributed by atoms with E-state index >= 15 is 0 Å². The second-order valence-corrected chi connectivity index (χ2v) is 6.10. The van der Waals surface area contributed by atoms with Crippen LogP contribution in [0.5, 0.6) is 0 Å². The van der Waals surface area contributed by atoms with Crippen molar-refractivity contribution < 1.29 is 4.79 Å². The molecule has 1 heterocycles. The van der Waals surface area contributed by atoms with Gasteiger partial charge in [-0.15, -0.1) is 11.3 Å². The topological polar surface area (TPSA) is 46.3 Å². The van der Waals surface area contributed by atoms with Crippen molar-refractivity contribution in [2.45, 2.75) is 6.92 Å². The van der Waals surface area contributed by atoms with Crippen molar-refractivity contribution in [3.63, 3.8) is 0 Å². The molecule has 0 aliphatic heterocycles. The molecule has 0 saturated heterocycles. The molecule has 0 fully saturated rings. The minimum Gasteiger partial charge on any atom is -0.397 e. The number of nitrogens with zero attached hydrogens (tertiary/aromatic N) is 1. The molecule has 21 heavy (non-hydrogen) atoms. The molecule has 3 nitrogen and oxygen atoms in total. The largest absolute Gasteiger partial charge is 0.397 e. The monoisotopic (exact) mass is 296 g/mol. The number of amides is 1. The Hall–Kier alpha value is -2.33. The third-order valence-electron chi connectivity index (χ3n) is 3.52. The first-order valence-corrected chi connectivity index (χ1v) is 7.51. The first kappa shape index (κ1) is 13.6. The lowest BCUT2D eigenvalue weighted by atomic mass is 10.2. The Bertz CT molecular complexity index is 823. The molecule has 2 N–H and O–H groups in total. The SMILES string of the molecule is Cc1cccc(N(C)C(=O)c2sc3ccccc3c2N)c1. The number of hydrogen-bond acceptors (Lipinski definition) is 3. The molecule has 0 atom stereocenters. The molecule has 106 valence electrons. The Morgan fingerprint density at radius 2 is 1.90 bits per heavy atom. The second-order valence-electron chi connectivity index (χ2n) is 5.04. The van der Waals surface area contributed by atoms with Gasteiger partial charge in [-0.1, -0.05) is 30.3 Å². The number of aryl methyl sites for hydroxylation is 1. The van der Waals surface area contributed by atoms with E-state index in [1.807, 2.05) is 55.5 Å². The van der Waals surface area contributed by atoms with E-state index < -0.39 is 0 Å². The number of fused-ring (bicyclic) bond motifs is 1. The smallest absolute Gasteiger partial charge is 0.270 e. The number of thiophene rings is 1. The maximum absolute atomic E-state index is 12.7. The zero-order valence-corrected chi connectivity index (χ0v) is 12.8. The Kier molecular flexibility index (Phi) is 3.39. The number of carbonyl (C=O) groups is 1. The summed E-state index contributed by atoms with van der Waals surface area (Å²) in [5.41, 5.74) is 8.71. The van der Waals surface area contributed by atoms with E-state index in [-0.39, 0.29) is 5.91 Å². The fourth-order valence-electron chi connectivity index (χ4n) is 2.33. The van der Waals surface area contributed by atoms with Gasteiger partial charge in [-0.25, -0.2) is 0 Å². The van der Waals surface area contributed by atoms with E-state index in [1.54, 1.807) is 11.9 Å². The first-order chi connectivity index (χ1) is 10.1. The lowest BCUT2D eigenvalue weighted by Crippen LogP contribution is -2.26. The minimum atomic E-state index is -0.0701. The van der Waals surface area contributed by atoms with Crippen molar-refractivity contribution in [2.24, 2.45) is 0 Å². The van der Waals surface area contributed by atoms with Gasteiger partial charge in [-0.3, -0.25) is 4.79 Å². The zero-order chi connectivity index (χ0) is 15.0. The van der Waals surface area contributed by atoms with E-state index in [9.17, 15) is 4.79 Å². The summed E-state index contributed by atoms with van der Waals surface area (Å²) >= 11 is 1.44. The molecule has 4 heteroatoms. The van der Waals surface area contributed by atoms with Gasteiger partial charge in [-0.2, -0.15) is 0 Å². The molecular weight excluding hydrogens is 280 g/mol. The number of benzene rings is 2. The maximum atomic E-state index is 12.7. The van der Waals surface area contributed by atoms with E-state index in [2.05, 4.69) is 0 Å². The molecule has 0 aliphatic carbocycles. The standard InChI is InChI=1S/C17H16N2OS/c1-11-6-5-7-12(10-11)19(2)17(20)16-15(18)13-8-3-4-9-14(13)21-16/h3-10H,18H2,1-2H3. The molecule has 3 rings (SSSR count). The Morgan fingerprint density at radius 3 is 2.62 bits per heavy atom. The van der Waals surface area contributed by atoms with Crippen LogP contribution in [0.4, 0.5) is 11.4 Å². The van der Waals surface area contributed by atoms with Crippen molar-refractivity contribution in [3.8, 4) is 0 Å². The molecule has 2 aromatic carbocycles. The van der Waals surface area contributed by atoms with Crippen molar-refractivity contribution >= 4 is 38.7 Å². The predicted octanol–water partition coefficient (Wildman–Crippen LogP) is 4.07. The summed E-state index contributed by atoms with van der Waals surface area (Å²) in [6, 6.07) is 15.7. The number of nitrogen functional groups attached to an aromatic ring is 1. The Morgan fingerprint density at radius 1 is 1.14 bits per heavy atom. The van der Waals surface area contributed by atoms with E-state index in [0.717, 1.165) is 21.3 Å². The number of hydrogen-bond donors (Lipinski definition) is 1. The van der Waals surface area contributed by atoms with Crippen LogP contribution in [-0.2, 0) is 0 Å². The zero-order valence-electron chi connectivity index (χ0n) is 12.0. The predicted molar refractivity (Wildman–Crippen MR) is 90.1 cm³/mol. The highest BCUT2D eigenvalue weighted by atomic mass is 32.1. The highest BCUT2D eigenvalue weighted by molar-refractivity contribution is 7.21. The summed E-state index contributed by atoms with van der Waals surface area (Å²) in [5, 5.41) is 0.948. The lowest BCUT2D eigenvalue weighted by molar-refractivity contribution is 0.0997. The van der Waals surface area contributed by atoms with Gasteiger partial charge >= 0.3 is 0 Å². The van der Waals surface area contributed by atoms with Gasteiger partial charge in [0.15, 0.2) is 0 Å². The van der Waals surface area contributed by atoms with Crippen LogP contribution in [0, 0.1) is 6.92 Å². The molecule has 0 aliphatic rings. The first-order valence-electron chi connectivity index (χ1n) is 6.69. The van der Waals surface area contributed by atoms with Crippen LogP contribution in [0.3, 0.4) is 0 Å². The maximum Gasteiger partial charge on any atom is 0.270 e. The minimum absolute atomic E-state index is 0.0701. The fourth-order valence-corrected chi connectivity index (χ4v) is 3.43. The fraction of sp³-hybridized carbons (Fsp3) is 0.118. The average molecular weight is 296 g/mol. The van der Waals surface area contributed by atoms with Gasteiger partial charge in [0, 0.05) is 22.8 Å². The van der Waals surface area contributed by atoms with Crippen molar-refractivity contribution in [1.82, 2.24) is 0 Å². The molecule has 0 unspecified atom stereocenters. The van der Waals surface area contributed by atoms with Gasteiger partial charge in [0.05, 0.1) is 5.69 Å². The van der Waals surface area contributed by atoms with Crippen molar-refractivity contribution in [3.05, 3.63) is 59.0 Å². The Balaban J connectivity index is 2.02. The number of carbonyl (C=O) groups excluding carboxylic acids is 1. The van der Waals surface area contributed by atoms with Gasteiger partial charge in [0.25, 0.3) is 5.91 Å². The van der Waals surface area contributed by atoms with Crippen LogP contribution in [0.1, 0.15) is 15.2 Å². The van der Waals surface area contributed by atoms with Crippen LogP contribution in [0.2, 0.25) is 0 Å². The van der Waals surface area contributed by atoms with Gasteiger partial charge in [0.2, 0.25) is 0 Å². The molecule has 0 radical (unpaired) electrons. The van der Waals surface area contributed by atoms with Crippen LogP contribution in [-0.4, -0.2) is 13.0 Å². The molecule has 3 aromatic rings. The van der Waals surface area contributed by atoms with Crippen LogP contribution >= 0.6 is 11.3 Å². The van der Waals surface area contributed by atoms with E-state index in [4.69, 9.17) is 5.73 Å². The van der Waals surface area contributed by atoms with Gasteiger partial charge in [-0.05, 0) is 30.7 Å². The summed E-state index contributed by atoms with van der Waals surface area (Å²) in [7, 11) is 1.78. The average Bonchev–Trinajstić information content (AvgIpc) is 2.83. The molecular formula is C17H16N2OS. The Labute approximate surface area is 127 Å². The van der Waals surface area contributed by atoms with Gasteiger partial charge in [0.1, 0.15) is 4.88 Å². The third kappa shape index (κ3) is 2.38. The molecule has 0 spiro atoms. The van der Waals surface area contributed by atoms with E-state index in [0.29, 0.717) is 10.6 Å². The summed E-state index contributed by atoms with van der Waals surface area (Å²) in [6.45, 7) is 2.01. The quantitative estimate of drug-likeness (QED) is 0.775. The van der Waals surface area contributed by atoms with E-state index in [1.165, 1.54) is 11.3 Å². The number of nitrogens with two attached hydrogens (primary N) is 1. The summed E-state index contributed by atoms with van der Waals surface area (Å²) in [6.07, 6.45) is 0. The summed E-state index contributed by atoms with van der Waals surface area (Å²) in [5.74, 6) is -0.0701.